The number of aryl methyl sites for hydroxylation is 1. The zero-order chi connectivity index (χ0) is 24.2. The highest BCUT2D eigenvalue weighted by molar-refractivity contribution is 5.97. The van der Waals surface area contributed by atoms with Gasteiger partial charge in [0.15, 0.2) is 0 Å². The van der Waals surface area contributed by atoms with Gasteiger partial charge in [0, 0.05) is 19.2 Å². The van der Waals surface area contributed by atoms with Crippen molar-refractivity contribution in [3.8, 4) is 0 Å². The first-order chi connectivity index (χ1) is 16.4. The number of hydrogen-bond donors (Lipinski definition) is 1. The Morgan fingerprint density at radius 1 is 0.882 bits per heavy atom. The van der Waals surface area contributed by atoms with Gasteiger partial charge in [0.1, 0.15) is 0 Å². The molecule has 4 aromatic rings. The predicted molar refractivity (Wildman–Crippen MR) is 128 cm³/mol. The van der Waals surface area contributed by atoms with E-state index in [4.69, 9.17) is 0 Å². The Bertz CT molecular complexity index is 1490. The van der Waals surface area contributed by atoms with Crippen LogP contribution in [0.1, 0.15) is 31.8 Å². The molecule has 0 saturated heterocycles. The maximum atomic E-state index is 13.2. The van der Waals surface area contributed by atoms with Gasteiger partial charge in [-0.1, -0.05) is 42.5 Å². The molecule has 0 aliphatic rings. The van der Waals surface area contributed by atoms with Crippen LogP contribution in [0.4, 0.5) is 0 Å². The lowest BCUT2D eigenvalue weighted by Crippen LogP contribution is -2.39. The van der Waals surface area contributed by atoms with E-state index in [1.165, 1.54) is 22.3 Å². The molecule has 3 aromatic carbocycles. The Balaban J connectivity index is 1.59. The molecule has 172 valence electrons. The molecular formula is C26H23N3O5. The van der Waals surface area contributed by atoms with Crippen molar-refractivity contribution < 1.29 is 14.3 Å². The van der Waals surface area contributed by atoms with Crippen molar-refractivity contribution in [2.75, 3.05) is 7.11 Å². The normalized spacial score (nSPS) is 10.8. The molecule has 0 unspecified atom stereocenters. The predicted octanol–water partition coefficient (Wildman–Crippen LogP) is 2.47. The Labute approximate surface area is 195 Å². The summed E-state index contributed by atoms with van der Waals surface area (Å²) in [7, 11) is 2.91. The van der Waals surface area contributed by atoms with Crippen LogP contribution < -0.4 is 16.6 Å². The summed E-state index contributed by atoms with van der Waals surface area (Å²) < 4.78 is 7.25. The minimum atomic E-state index is -0.449. The van der Waals surface area contributed by atoms with E-state index in [1.807, 2.05) is 30.3 Å². The number of nitrogens with one attached hydrogen (secondary N) is 1. The first-order valence-corrected chi connectivity index (χ1v) is 10.6. The highest BCUT2D eigenvalue weighted by atomic mass is 16.5. The smallest absolute Gasteiger partial charge is 0.337 e. The van der Waals surface area contributed by atoms with Crippen molar-refractivity contribution in [1.82, 2.24) is 14.5 Å². The molecule has 0 radical (unpaired) electrons. The lowest BCUT2D eigenvalue weighted by Gasteiger charge is -2.12. The van der Waals surface area contributed by atoms with Crippen molar-refractivity contribution >= 4 is 22.8 Å². The number of ether oxygens (including phenoxy) is 1. The standard InChI is InChI=1S/C26H23N3O5/c1-28-22-13-12-20(23(30)27-15-17-8-10-19(11-9-17)25(32)34-2)14-21(22)24(31)29(26(28)33)16-18-6-4-3-5-7-18/h3-14H,15-16H2,1-2H3,(H,27,30). The average molecular weight is 457 g/mol. The molecule has 1 aromatic heterocycles. The van der Waals surface area contributed by atoms with E-state index < -0.39 is 17.2 Å². The van der Waals surface area contributed by atoms with E-state index in [-0.39, 0.29) is 24.4 Å². The van der Waals surface area contributed by atoms with Gasteiger partial charge in [-0.2, -0.15) is 0 Å². The molecule has 0 bridgehead atoms. The molecule has 0 saturated carbocycles. The van der Waals surface area contributed by atoms with Crippen LogP contribution in [0.25, 0.3) is 10.9 Å². The first-order valence-electron chi connectivity index (χ1n) is 10.6. The van der Waals surface area contributed by atoms with E-state index in [1.54, 1.807) is 43.4 Å². The minimum absolute atomic E-state index is 0.139. The Kier molecular flexibility index (Phi) is 6.40. The van der Waals surface area contributed by atoms with Crippen LogP contribution in [0, 0.1) is 0 Å². The van der Waals surface area contributed by atoms with Gasteiger partial charge in [-0.05, 0) is 41.5 Å². The maximum Gasteiger partial charge on any atom is 0.337 e. The second-order valence-corrected chi connectivity index (χ2v) is 7.82. The Morgan fingerprint density at radius 2 is 1.56 bits per heavy atom. The molecule has 8 heteroatoms. The van der Waals surface area contributed by atoms with Crippen LogP contribution in [-0.2, 0) is 24.9 Å². The number of hydrogen-bond acceptors (Lipinski definition) is 5. The third-order valence-corrected chi connectivity index (χ3v) is 5.63. The lowest BCUT2D eigenvalue weighted by molar-refractivity contribution is 0.0600. The molecule has 1 heterocycles. The summed E-state index contributed by atoms with van der Waals surface area (Å²) in [5.41, 5.74) is 1.94. The van der Waals surface area contributed by atoms with Crippen LogP contribution in [0.2, 0.25) is 0 Å². The summed E-state index contributed by atoms with van der Waals surface area (Å²) in [5.74, 6) is -0.791. The first kappa shape index (κ1) is 22.7. The summed E-state index contributed by atoms with van der Waals surface area (Å²) in [4.78, 5) is 50.2. The van der Waals surface area contributed by atoms with Crippen molar-refractivity contribution in [3.63, 3.8) is 0 Å². The van der Waals surface area contributed by atoms with E-state index >= 15 is 0 Å². The van der Waals surface area contributed by atoms with E-state index in [0.717, 1.165) is 11.1 Å². The van der Waals surface area contributed by atoms with Gasteiger partial charge in [-0.25, -0.2) is 9.59 Å². The SMILES string of the molecule is COC(=O)c1ccc(CNC(=O)c2ccc3c(c2)c(=O)n(Cc2ccccc2)c(=O)n3C)cc1. The van der Waals surface area contributed by atoms with E-state index in [2.05, 4.69) is 10.1 Å². The molecule has 34 heavy (non-hydrogen) atoms. The zero-order valence-corrected chi connectivity index (χ0v) is 18.8. The molecule has 0 atom stereocenters. The summed E-state index contributed by atoms with van der Waals surface area (Å²) in [6.07, 6.45) is 0. The molecule has 1 amide bonds. The van der Waals surface area contributed by atoms with Gasteiger partial charge in [0.05, 0.1) is 30.1 Å². The molecule has 0 fully saturated rings. The Morgan fingerprint density at radius 3 is 2.24 bits per heavy atom. The lowest BCUT2D eigenvalue weighted by atomic mass is 10.1. The van der Waals surface area contributed by atoms with Crippen molar-refractivity contribution in [2.45, 2.75) is 13.1 Å². The van der Waals surface area contributed by atoms with Crippen LogP contribution in [0.5, 0.6) is 0 Å². The fraction of sp³-hybridized carbons (Fsp3) is 0.154. The molecule has 4 rings (SSSR count). The topological polar surface area (TPSA) is 99.4 Å². The van der Waals surface area contributed by atoms with Gasteiger partial charge in [-0.3, -0.25) is 18.7 Å². The van der Waals surface area contributed by atoms with Gasteiger partial charge in [-0.15, -0.1) is 0 Å². The highest BCUT2D eigenvalue weighted by Gasteiger charge is 2.14. The number of esters is 1. The molecule has 1 N–H and O–H groups in total. The number of fused-ring (bicyclic) bond motifs is 1. The summed E-state index contributed by atoms with van der Waals surface area (Å²) in [6.45, 7) is 0.379. The number of carbonyl (C=O) groups is 2. The van der Waals surface area contributed by atoms with Gasteiger partial charge < -0.3 is 10.1 Å². The van der Waals surface area contributed by atoms with Crippen LogP contribution in [0.15, 0.2) is 82.4 Å². The number of benzene rings is 3. The van der Waals surface area contributed by atoms with E-state index in [0.29, 0.717) is 16.6 Å². The number of amides is 1. The fourth-order valence-corrected chi connectivity index (χ4v) is 3.72. The Hall–Kier alpha value is -4.46. The van der Waals surface area contributed by atoms with Crippen LogP contribution in [-0.4, -0.2) is 28.1 Å². The van der Waals surface area contributed by atoms with E-state index in [9.17, 15) is 19.2 Å². The second-order valence-electron chi connectivity index (χ2n) is 7.82. The van der Waals surface area contributed by atoms with Crippen molar-refractivity contribution in [2.24, 2.45) is 7.05 Å². The number of carbonyl (C=O) groups excluding carboxylic acids is 2. The molecule has 8 nitrogen and oxygen atoms in total. The summed E-state index contributed by atoms with van der Waals surface area (Å²) in [5, 5.41) is 3.10. The maximum absolute atomic E-state index is 13.2. The zero-order valence-electron chi connectivity index (χ0n) is 18.8. The van der Waals surface area contributed by atoms with Crippen molar-refractivity contribution in [1.29, 1.82) is 0 Å². The second kappa shape index (κ2) is 9.58. The summed E-state index contributed by atoms with van der Waals surface area (Å²) >= 11 is 0. The van der Waals surface area contributed by atoms with Gasteiger partial charge >= 0.3 is 11.7 Å². The summed E-state index contributed by atoms with van der Waals surface area (Å²) in [6, 6.07) is 20.6. The quantitative estimate of drug-likeness (QED) is 0.449. The molecule has 0 aliphatic carbocycles. The molecule has 0 aliphatic heterocycles. The molecule has 0 spiro atoms. The van der Waals surface area contributed by atoms with Gasteiger partial charge in [0.2, 0.25) is 0 Å². The number of aromatic nitrogens is 2. The van der Waals surface area contributed by atoms with Crippen molar-refractivity contribution in [3.05, 3.63) is 116 Å². The average Bonchev–Trinajstić information content (AvgIpc) is 2.88. The highest BCUT2D eigenvalue weighted by Crippen LogP contribution is 2.12. The third-order valence-electron chi connectivity index (χ3n) is 5.63. The third kappa shape index (κ3) is 4.52. The number of nitrogens with zero attached hydrogens (tertiary/aromatic N) is 2. The van der Waals surface area contributed by atoms with Crippen LogP contribution in [0.3, 0.4) is 0 Å². The monoisotopic (exact) mass is 457 g/mol. The molecular weight excluding hydrogens is 434 g/mol. The number of methoxy groups -OCH3 is 1. The fourth-order valence-electron chi connectivity index (χ4n) is 3.72. The van der Waals surface area contributed by atoms with Crippen LogP contribution >= 0.6 is 0 Å². The van der Waals surface area contributed by atoms with Gasteiger partial charge in [0.25, 0.3) is 11.5 Å². The largest absolute Gasteiger partial charge is 0.465 e. The minimum Gasteiger partial charge on any atom is -0.465 e. The number of rotatable bonds is 6.